The summed E-state index contributed by atoms with van der Waals surface area (Å²) in [7, 11) is 0. The molecule has 2 atom stereocenters. The highest BCUT2D eigenvalue weighted by Crippen LogP contribution is 2.25. The van der Waals surface area contributed by atoms with Gasteiger partial charge in [-0.3, -0.25) is 19.4 Å². The Morgan fingerprint density at radius 3 is 2.57 bits per heavy atom. The van der Waals surface area contributed by atoms with Crippen LogP contribution in [0.2, 0.25) is 0 Å². The van der Waals surface area contributed by atoms with E-state index in [0.29, 0.717) is 18.0 Å². The van der Waals surface area contributed by atoms with Gasteiger partial charge in [0, 0.05) is 44.5 Å². The first-order valence-corrected chi connectivity index (χ1v) is 10.7. The van der Waals surface area contributed by atoms with Gasteiger partial charge in [-0.15, -0.1) is 0 Å². The lowest BCUT2D eigenvalue weighted by atomic mass is 10.1. The van der Waals surface area contributed by atoms with Crippen molar-refractivity contribution in [2.45, 2.75) is 38.8 Å². The van der Waals surface area contributed by atoms with E-state index in [1.165, 1.54) is 0 Å². The number of piperazine rings is 1. The molecule has 1 aromatic carbocycles. The van der Waals surface area contributed by atoms with Crippen LogP contribution in [-0.2, 0) is 9.59 Å². The maximum absolute atomic E-state index is 13.0. The van der Waals surface area contributed by atoms with E-state index in [-0.39, 0.29) is 23.9 Å². The minimum atomic E-state index is -0.218. The number of rotatable bonds is 6. The summed E-state index contributed by atoms with van der Waals surface area (Å²) in [5.41, 5.74) is 0.967. The molecule has 1 N–H and O–H groups in total. The number of amides is 2. The van der Waals surface area contributed by atoms with E-state index in [4.69, 9.17) is 4.52 Å². The lowest BCUT2D eigenvalue weighted by Crippen LogP contribution is -2.56. The third-order valence-electron chi connectivity index (χ3n) is 6.04. The van der Waals surface area contributed by atoms with Crippen LogP contribution in [-0.4, -0.2) is 71.6 Å². The van der Waals surface area contributed by atoms with Gasteiger partial charge in [-0.05, 0) is 31.9 Å². The molecule has 0 saturated carbocycles. The summed E-state index contributed by atoms with van der Waals surface area (Å²) in [6.45, 7) is 7.66. The molecule has 2 amide bonds. The first-order chi connectivity index (χ1) is 14.6. The number of hydrogen-bond acceptors (Lipinski definition) is 6. The molecule has 8 nitrogen and oxygen atoms in total. The van der Waals surface area contributed by atoms with E-state index < -0.39 is 0 Å². The summed E-state index contributed by atoms with van der Waals surface area (Å²) >= 11 is 0. The van der Waals surface area contributed by atoms with Crippen LogP contribution < -0.4 is 10.2 Å². The Hall–Kier alpha value is -2.71. The predicted octanol–water partition coefficient (Wildman–Crippen LogP) is 2.12. The van der Waals surface area contributed by atoms with Crippen molar-refractivity contribution in [3.63, 3.8) is 0 Å². The maximum atomic E-state index is 13.0. The fourth-order valence-corrected chi connectivity index (χ4v) is 4.47. The molecule has 2 aliphatic rings. The molecule has 8 heteroatoms. The standard InChI is InChI=1S/C22H29N5O3/c1-3-18(21(28)23-20-15-16(2)30-24-20)25-11-13-26(14-12-25)19-9-10-27(22(19)29)17-7-5-4-6-8-17/h4-8,15,18-19H,3,9-14H2,1-2H3,(H,23,24,28). The van der Waals surface area contributed by atoms with Crippen molar-refractivity contribution >= 4 is 23.3 Å². The summed E-state index contributed by atoms with van der Waals surface area (Å²) in [4.78, 5) is 32.1. The van der Waals surface area contributed by atoms with E-state index in [0.717, 1.165) is 44.8 Å². The summed E-state index contributed by atoms with van der Waals surface area (Å²) in [6.07, 6.45) is 1.56. The van der Waals surface area contributed by atoms with Crippen molar-refractivity contribution < 1.29 is 14.1 Å². The number of nitrogens with zero attached hydrogens (tertiary/aromatic N) is 4. The highest BCUT2D eigenvalue weighted by atomic mass is 16.5. The molecule has 4 rings (SSSR count). The van der Waals surface area contributed by atoms with Gasteiger partial charge in [0.25, 0.3) is 0 Å². The molecule has 2 aliphatic heterocycles. The summed E-state index contributed by atoms with van der Waals surface area (Å²) in [5.74, 6) is 1.23. The molecule has 0 aliphatic carbocycles. The minimum absolute atomic E-state index is 0.0635. The molecular weight excluding hydrogens is 382 g/mol. The van der Waals surface area contributed by atoms with Gasteiger partial charge < -0.3 is 14.7 Å². The Labute approximate surface area is 176 Å². The number of aromatic nitrogens is 1. The second-order valence-electron chi connectivity index (χ2n) is 7.94. The van der Waals surface area contributed by atoms with Gasteiger partial charge in [0.2, 0.25) is 11.8 Å². The monoisotopic (exact) mass is 411 g/mol. The number of carbonyl (C=O) groups excluding carboxylic acids is 2. The van der Waals surface area contributed by atoms with Crippen molar-refractivity contribution in [2.75, 3.05) is 42.9 Å². The summed E-state index contributed by atoms with van der Waals surface area (Å²) < 4.78 is 5.03. The van der Waals surface area contributed by atoms with E-state index in [1.54, 1.807) is 13.0 Å². The van der Waals surface area contributed by atoms with E-state index >= 15 is 0 Å². The molecule has 2 fully saturated rings. The molecule has 0 spiro atoms. The van der Waals surface area contributed by atoms with Crippen LogP contribution in [0.25, 0.3) is 0 Å². The molecule has 3 heterocycles. The second kappa shape index (κ2) is 8.97. The van der Waals surface area contributed by atoms with Crippen LogP contribution in [0.15, 0.2) is 40.9 Å². The Balaban J connectivity index is 1.33. The van der Waals surface area contributed by atoms with Gasteiger partial charge in [-0.25, -0.2) is 0 Å². The number of para-hydroxylation sites is 1. The Morgan fingerprint density at radius 2 is 1.93 bits per heavy atom. The number of nitrogens with one attached hydrogen (secondary N) is 1. The zero-order valence-corrected chi connectivity index (χ0v) is 17.6. The average molecular weight is 412 g/mol. The second-order valence-corrected chi connectivity index (χ2v) is 7.94. The fourth-order valence-electron chi connectivity index (χ4n) is 4.47. The molecule has 160 valence electrons. The first kappa shape index (κ1) is 20.6. The van der Waals surface area contributed by atoms with Crippen LogP contribution in [0.5, 0.6) is 0 Å². The number of carbonyl (C=O) groups is 2. The van der Waals surface area contributed by atoms with Crippen molar-refractivity contribution in [1.29, 1.82) is 0 Å². The first-order valence-electron chi connectivity index (χ1n) is 10.7. The zero-order chi connectivity index (χ0) is 21.1. The van der Waals surface area contributed by atoms with Crippen molar-refractivity contribution in [2.24, 2.45) is 0 Å². The minimum Gasteiger partial charge on any atom is -0.360 e. The molecule has 2 saturated heterocycles. The third kappa shape index (κ3) is 4.24. The molecule has 2 aromatic rings. The quantitative estimate of drug-likeness (QED) is 0.784. The van der Waals surface area contributed by atoms with Crippen LogP contribution in [0.1, 0.15) is 25.5 Å². The molecule has 0 bridgehead atoms. The number of hydrogen-bond donors (Lipinski definition) is 1. The lowest BCUT2D eigenvalue weighted by Gasteiger charge is -2.40. The number of anilines is 2. The van der Waals surface area contributed by atoms with Crippen molar-refractivity contribution in [3.05, 3.63) is 42.2 Å². The van der Waals surface area contributed by atoms with Crippen LogP contribution in [0.4, 0.5) is 11.5 Å². The smallest absolute Gasteiger partial charge is 0.244 e. The predicted molar refractivity (Wildman–Crippen MR) is 114 cm³/mol. The van der Waals surface area contributed by atoms with Gasteiger partial charge >= 0.3 is 0 Å². The normalized spacial score (nSPS) is 21.7. The van der Waals surface area contributed by atoms with E-state index in [2.05, 4.69) is 20.3 Å². The topological polar surface area (TPSA) is 81.9 Å². The van der Waals surface area contributed by atoms with Crippen LogP contribution in [0, 0.1) is 6.92 Å². The van der Waals surface area contributed by atoms with E-state index in [1.807, 2.05) is 42.2 Å². The van der Waals surface area contributed by atoms with Gasteiger partial charge in [0.05, 0.1) is 12.1 Å². The Morgan fingerprint density at radius 1 is 1.20 bits per heavy atom. The van der Waals surface area contributed by atoms with Gasteiger partial charge in [0.15, 0.2) is 5.82 Å². The van der Waals surface area contributed by atoms with Crippen molar-refractivity contribution in [1.82, 2.24) is 15.0 Å². The van der Waals surface area contributed by atoms with E-state index in [9.17, 15) is 9.59 Å². The van der Waals surface area contributed by atoms with Crippen LogP contribution in [0.3, 0.4) is 0 Å². The van der Waals surface area contributed by atoms with Crippen LogP contribution >= 0.6 is 0 Å². The fraction of sp³-hybridized carbons (Fsp3) is 0.500. The Kier molecular flexibility index (Phi) is 6.15. The lowest BCUT2D eigenvalue weighted by molar-refractivity contribution is -0.125. The highest BCUT2D eigenvalue weighted by Gasteiger charge is 2.39. The SMILES string of the molecule is CCC(C(=O)Nc1cc(C)on1)N1CCN(C2CCN(c3ccccc3)C2=O)CC1. The molecule has 0 radical (unpaired) electrons. The maximum Gasteiger partial charge on any atom is 0.244 e. The van der Waals surface area contributed by atoms with Gasteiger partial charge in [-0.1, -0.05) is 30.3 Å². The third-order valence-corrected chi connectivity index (χ3v) is 6.04. The summed E-state index contributed by atoms with van der Waals surface area (Å²) in [5, 5.41) is 6.70. The van der Waals surface area contributed by atoms with Gasteiger partial charge in [-0.2, -0.15) is 0 Å². The Bertz CT molecular complexity index is 876. The summed E-state index contributed by atoms with van der Waals surface area (Å²) in [6, 6.07) is 11.3. The van der Waals surface area contributed by atoms with Gasteiger partial charge in [0.1, 0.15) is 5.76 Å². The molecule has 2 unspecified atom stereocenters. The number of aryl methyl sites for hydroxylation is 1. The zero-order valence-electron chi connectivity index (χ0n) is 17.6. The molecule has 30 heavy (non-hydrogen) atoms. The molecule has 1 aromatic heterocycles. The number of benzene rings is 1. The molecular formula is C22H29N5O3. The van der Waals surface area contributed by atoms with Crippen molar-refractivity contribution in [3.8, 4) is 0 Å². The average Bonchev–Trinajstić information content (AvgIpc) is 3.35. The highest BCUT2D eigenvalue weighted by molar-refractivity contribution is 5.99. The largest absolute Gasteiger partial charge is 0.360 e.